The van der Waals surface area contributed by atoms with Crippen molar-refractivity contribution in [1.29, 1.82) is 0 Å². The summed E-state index contributed by atoms with van der Waals surface area (Å²) < 4.78 is 28.3. The molecule has 0 bridgehead atoms. The third-order valence-corrected chi connectivity index (χ3v) is 4.37. The van der Waals surface area contributed by atoms with E-state index in [0.717, 1.165) is 0 Å². The smallest absolute Gasteiger partial charge is 0.266 e. The van der Waals surface area contributed by atoms with Gasteiger partial charge < -0.3 is 4.74 Å². The molecule has 7 heteroatoms. The van der Waals surface area contributed by atoms with Gasteiger partial charge in [0, 0.05) is 15.2 Å². The van der Waals surface area contributed by atoms with Crippen LogP contribution in [0.1, 0.15) is 0 Å². The highest BCUT2D eigenvalue weighted by molar-refractivity contribution is 9.11. The number of benzene rings is 1. The first kappa shape index (κ1) is 12.3. The largest absolute Gasteiger partial charge is 0.494 e. The van der Waals surface area contributed by atoms with Crippen LogP contribution >= 0.6 is 42.5 Å². The van der Waals surface area contributed by atoms with Crippen molar-refractivity contribution < 1.29 is 13.2 Å². The standard InChI is InChI=1S/C7H5Br2ClO3S/c1-13-6-4(8)2-3-5(9)7(6)14(10,11)12/h2-3H,1H3. The Morgan fingerprint density at radius 1 is 1.29 bits per heavy atom. The van der Waals surface area contributed by atoms with E-state index in [1.807, 2.05) is 0 Å². The Balaban J connectivity index is 3.63. The van der Waals surface area contributed by atoms with Gasteiger partial charge in [-0.2, -0.15) is 0 Å². The van der Waals surface area contributed by atoms with Crippen molar-refractivity contribution in [3.63, 3.8) is 0 Å². The SMILES string of the molecule is COc1c(Br)ccc(Br)c1S(=O)(=O)Cl. The first-order valence-electron chi connectivity index (χ1n) is 3.34. The van der Waals surface area contributed by atoms with Gasteiger partial charge in [0.15, 0.2) is 5.75 Å². The lowest BCUT2D eigenvalue weighted by Crippen LogP contribution is -1.98. The first-order valence-corrected chi connectivity index (χ1v) is 7.24. The van der Waals surface area contributed by atoms with Crippen LogP contribution in [-0.2, 0) is 9.05 Å². The molecule has 0 saturated heterocycles. The lowest BCUT2D eigenvalue weighted by molar-refractivity contribution is 0.400. The second-order valence-electron chi connectivity index (χ2n) is 2.33. The van der Waals surface area contributed by atoms with Gasteiger partial charge in [0.25, 0.3) is 9.05 Å². The fourth-order valence-electron chi connectivity index (χ4n) is 0.932. The van der Waals surface area contributed by atoms with Crippen LogP contribution in [0.5, 0.6) is 5.75 Å². The third kappa shape index (κ3) is 2.42. The molecule has 0 fully saturated rings. The molecule has 1 aromatic rings. The van der Waals surface area contributed by atoms with E-state index in [-0.39, 0.29) is 10.6 Å². The lowest BCUT2D eigenvalue weighted by atomic mass is 10.3. The Hall–Kier alpha value is 0.220. The van der Waals surface area contributed by atoms with Crippen LogP contribution in [0, 0.1) is 0 Å². The van der Waals surface area contributed by atoms with Crippen LogP contribution in [0.3, 0.4) is 0 Å². The second-order valence-corrected chi connectivity index (χ2v) is 6.54. The van der Waals surface area contributed by atoms with E-state index in [1.165, 1.54) is 7.11 Å². The van der Waals surface area contributed by atoms with Crippen molar-refractivity contribution in [2.75, 3.05) is 7.11 Å². The van der Waals surface area contributed by atoms with Gasteiger partial charge in [0.2, 0.25) is 0 Å². The maximum absolute atomic E-state index is 11.2. The molecule has 14 heavy (non-hydrogen) atoms. The third-order valence-electron chi connectivity index (χ3n) is 1.46. The first-order chi connectivity index (χ1) is 6.38. The number of methoxy groups -OCH3 is 1. The predicted octanol–water partition coefficient (Wildman–Crippen LogP) is 3.15. The molecule has 0 spiro atoms. The van der Waals surface area contributed by atoms with Crippen molar-refractivity contribution in [3.05, 3.63) is 21.1 Å². The summed E-state index contributed by atoms with van der Waals surface area (Å²) in [5.41, 5.74) is 0. The molecule has 0 radical (unpaired) electrons. The molecular weight excluding hydrogens is 359 g/mol. The number of hydrogen-bond donors (Lipinski definition) is 0. The summed E-state index contributed by atoms with van der Waals surface area (Å²) in [6.45, 7) is 0. The van der Waals surface area contributed by atoms with E-state index in [4.69, 9.17) is 15.4 Å². The minimum Gasteiger partial charge on any atom is -0.494 e. The molecule has 1 rings (SSSR count). The van der Waals surface area contributed by atoms with Crippen molar-refractivity contribution in [2.45, 2.75) is 4.90 Å². The van der Waals surface area contributed by atoms with Crippen LogP contribution < -0.4 is 4.74 Å². The fourth-order valence-corrected chi connectivity index (χ4v) is 3.96. The van der Waals surface area contributed by atoms with Gasteiger partial charge >= 0.3 is 0 Å². The molecule has 1 aromatic carbocycles. The van der Waals surface area contributed by atoms with Crippen molar-refractivity contribution in [1.82, 2.24) is 0 Å². The number of hydrogen-bond acceptors (Lipinski definition) is 3. The van der Waals surface area contributed by atoms with E-state index in [9.17, 15) is 8.42 Å². The van der Waals surface area contributed by atoms with Crippen LogP contribution in [-0.4, -0.2) is 15.5 Å². The molecule has 0 unspecified atom stereocenters. The molecule has 0 heterocycles. The zero-order chi connectivity index (χ0) is 10.9. The molecule has 0 aliphatic rings. The predicted molar refractivity (Wildman–Crippen MR) is 61.4 cm³/mol. The second kappa shape index (κ2) is 4.38. The maximum atomic E-state index is 11.2. The molecule has 0 amide bonds. The average molecular weight is 364 g/mol. The minimum absolute atomic E-state index is 0.0731. The molecule has 0 aromatic heterocycles. The minimum atomic E-state index is -3.83. The summed E-state index contributed by atoms with van der Waals surface area (Å²) in [7, 11) is 2.81. The van der Waals surface area contributed by atoms with Gasteiger partial charge in [-0.15, -0.1) is 0 Å². The van der Waals surface area contributed by atoms with Crippen LogP contribution in [0.2, 0.25) is 0 Å². The van der Waals surface area contributed by atoms with Crippen molar-refractivity contribution in [3.8, 4) is 5.75 Å². The molecule has 0 saturated carbocycles. The van der Waals surface area contributed by atoms with Gasteiger partial charge in [-0.05, 0) is 44.0 Å². The number of rotatable bonds is 2. The highest BCUT2D eigenvalue weighted by atomic mass is 79.9. The summed E-state index contributed by atoms with van der Waals surface area (Å²) in [6.07, 6.45) is 0. The monoisotopic (exact) mass is 362 g/mol. The molecule has 78 valence electrons. The summed E-state index contributed by atoms with van der Waals surface area (Å²) in [5, 5.41) is 0. The normalized spacial score (nSPS) is 11.4. The van der Waals surface area contributed by atoms with Crippen molar-refractivity contribution >= 4 is 51.6 Å². The van der Waals surface area contributed by atoms with Crippen LogP contribution in [0.15, 0.2) is 26.0 Å². The Kier molecular flexibility index (Phi) is 3.85. The lowest BCUT2D eigenvalue weighted by Gasteiger charge is -2.09. The molecule has 0 aliphatic heterocycles. The summed E-state index contributed by atoms with van der Waals surface area (Å²) >= 11 is 6.26. The maximum Gasteiger partial charge on any atom is 0.266 e. The number of ether oxygens (including phenoxy) is 1. The Labute approximate surface area is 103 Å². The Morgan fingerprint density at radius 2 is 1.79 bits per heavy atom. The van der Waals surface area contributed by atoms with E-state index < -0.39 is 9.05 Å². The highest BCUT2D eigenvalue weighted by Crippen LogP contribution is 2.39. The van der Waals surface area contributed by atoms with Gasteiger partial charge in [-0.1, -0.05) is 0 Å². The van der Waals surface area contributed by atoms with E-state index in [1.54, 1.807) is 12.1 Å². The van der Waals surface area contributed by atoms with E-state index in [0.29, 0.717) is 8.95 Å². The van der Waals surface area contributed by atoms with Crippen LogP contribution in [0.25, 0.3) is 0 Å². The number of halogens is 3. The Bertz CT molecular complexity index is 458. The Morgan fingerprint density at radius 3 is 2.14 bits per heavy atom. The summed E-state index contributed by atoms with van der Waals surface area (Å²) in [5.74, 6) is 0.189. The highest BCUT2D eigenvalue weighted by Gasteiger charge is 2.22. The zero-order valence-electron chi connectivity index (χ0n) is 6.92. The van der Waals surface area contributed by atoms with Crippen LogP contribution in [0.4, 0.5) is 0 Å². The summed E-state index contributed by atoms with van der Waals surface area (Å²) in [4.78, 5) is -0.0731. The zero-order valence-corrected chi connectivity index (χ0v) is 11.7. The van der Waals surface area contributed by atoms with E-state index >= 15 is 0 Å². The average Bonchev–Trinajstić information content (AvgIpc) is 2.06. The molecule has 0 N–H and O–H groups in total. The summed E-state index contributed by atoms with van der Waals surface area (Å²) in [6, 6.07) is 3.23. The topological polar surface area (TPSA) is 43.4 Å². The molecule has 0 atom stereocenters. The van der Waals surface area contributed by atoms with Gasteiger partial charge in [0.1, 0.15) is 4.90 Å². The quantitative estimate of drug-likeness (QED) is 0.757. The van der Waals surface area contributed by atoms with Crippen molar-refractivity contribution in [2.24, 2.45) is 0 Å². The van der Waals surface area contributed by atoms with Gasteiger partial charge in [-0.3, -0.25) is 0 Å². The van der Waals surface area contributed by atoms with Gasteiger partial charge in [0.05, 0.1) is 11.6 Å². The molecular formula is C7H5Br2ClO3S. The fraction of sp³-hybridized carbons (Fsp3) is 0.143. The van der Waals surface area contributed by atoms with E-state index in [2.05, 4.69) is 31.9 Å². The molecule has 0 aliphatic carbocycles. The van der Waals surface area contributed by atoms with Gasteiger partial charge in [-0.25, -0.2) is 8.42 Å². The molecule has 3 nitrogen and oxygen atoms in total.